The fourth-order valence-electron chi connectivity index (χ4n) is 3.36. The number of aromatic nitrogens is 3. The molecule has 0 spiro atoms. The lowest BCUT2D eigenvalue weighted by atomic mass is 10.0. The van der Waals surface area contributed by atoms with E-state index in [0.717, 1.165) is 52.4 Å². The molecular weight excluding hydrogens is 370 g/mol. The number of thioether (sulfide) groups is 1. The Morgan fingerprint density at radius 2 is 1.93 bits per heavy atom. The molecule has 0 unspecified atom stereocenters. The molecule has 2 aromatic heterocycles. The van der Waals surface area contributed by atoms with Crippen molar-refractivity contribution in [2.24, 2.45) is 0 Å². The normalized spacial score (nSPS) is 11.2. The van der Waals surface area contributed by atoms with Crippen LogP contribution in [0.2, 0.25) is 0 Å². The van der Waals surface area contributed by atoms with E-state index in [1.54, 1.807) is 11.8 Å². The van der Waals surface area contributed by atoms with Gasteiger partial charge in [-0.25, -0.2) is 9.78 Å². The molecule has 0 atom stereocenters. The van der Waals surface area contributed by atoms with Crippen molar-refractivity contribution < 1.29 is 9.53 Å². The first kappa shape index (κ1) is 20.4. The van der Waals surface area contributed by atoms with Crippen molar-refractivity contribution in [2.75, 3.05) is 7.11 Å². The van der Waals surface area contributed by atoms with E-state index in [4.69, 9.17) is 14.7 Å². The lowest BCUT2D eigenvalue weighted by Gasteiger charge is -2.14. The smallest absolute Gasteiger partial charge is 0.340 e. The lowest BCUT2D eigenvalue weighted by molar-refractivity contribution is 0.0598. The number of methoxy groups -OCH3 is 1. The highest BCUT2D eigenvalue weighted by Gasteiger charge is 2.20. The number of aryl methyl sites for hydroxylation is 2. The van der Waals surface area contributed by atoms with Gasteiger partial charge in [0.25, 0.3) is 0 Å². The van der Waals surface area contributed by atoms with Crippen LogP contribution < -0.4 is 0 Å². The molecule has 3 rings (SSSR count). The van der Waals surface area contributed by atoms with Gasteiger partial charge < -0.3 is 9.30 Å². The second-order valence-corrected chi connectivity index (χ2v) is 7.87. The van der Waals surface area contributed by atoms with E-state index < -0.39 is 0 Å². The Bertz CT molecular complexity index is 1010. The quantitative estimate of drug-likeness (QED) is 0.403. The number of para-hydroxylation sites is 1. The lowest BCUT2D eigenvalue weighted by Crippen LogP contribution is -2.11. The third-order valence-corrected chi connectivity index (χ3v) is 6.10. The molecule has 3 aromatic rings. The van der Waals surface area contributed by atoms with E-state index in [0.29, 0.717) is 11.3 Å². The van der Waals surface area contributed by atoms with E-state index in [9.17, 15) is 4.79 Å². The molecule has 6 heteroatoms. The second-order valence-electron chi connectivity index (χ2n) is 6.93. The summed E-state index contributed by atoms with van der Waals surface area (Å²) in [4.78, 5) is 22.0. The first-order valence-electron chi connectivity index (χ1n) is 9.61. The molecule has 1 aromatic carbocycles. The Labute approximate surface area is 170 Å². The predicted octanol–water partition coefficient (Wildman–Crippen LogP) is 5.24. The van der Waals surface area contributed by atoms with Gasteiger partial charge in [-0.3, -0.25) is 4.98 Å². The Balaban J connectivity index is 1.99. The van der Waals surface area contributed by atoms with Gasteiger partial charge in [0.1, 0.15) is 0 Å². The molecule has 0 saturated carbocycles. The topological polar surface area (TPSA) is 57.0 Å². The molecule has 5 nitrogen and oxygen atoms in total. The summed E-state index contributed by atoms with van der Waals surface area (Å²) in [6.07, 6.45) is 2.25. The molecule has 0 aliphatic carbocycles. The van der Waals surface area contributed by atoms with Gasteiger partial charge >= 0.3 is 5.97 Å². The molecule has 0 N–H and O–H groups in total. The maximum atomic E-state index is 12.5. The Morgan fingerprint density at radius 3 is 2.64 bits per heavy atom. The minimum atomic E-state index is -0.340. The van der Waals surface area contributed by atoms with Crippen molar-refractivity contribution in [3.63, 3.8) is 0 Å². The highest BCUT2D eigenvalue weighted by molar-refractivity contribution is 7.98. The van der Waals surface area contributed by atoms with Gasteiger partial charge in [0.2, 0.25) is 0 Å². The van der Waals surface area contributed by atoms with Crippen LogP contribution in [0.4, 0.5) is 0 Å². The number of ether oxygens (including phenoxy) is 1. The highest BCUT2D eigenvalue weighted by Crippen LogP contribution is 2.30. The number of imidazole rings is 1. The van der Waals surface area contributed by atoms with Crippen LogP contribution in [-0.4, -0.2) is 27.6 Å². The summed E-state index contributed by atoms with van der Waals surface area (Å²) in [7, 11) is 1.41. The number of rotatable bonds is 7. The molecule has 0 radical (unpaired) electrons. The number of pyridine rings is 1. The fraction of sp³-hybridized carbons (Fsp3) is 0.409. The van der Waals surface area contributed by atoms with Gasteiger partial charge in [-0.15, -0.1) is 0 Å². The molecule has 0 fully saturated rings. The molecule has 2 heterocycles. The summed E-state index contributed by atoms with van der Waals surface area (Å²) < 4.78 is 7.32. The van der Waals surface area contributed by atoms with Gasteiger partial charge in [-0.1, -0.05) is 43.3 Å². The number of hydrogen-bond acceptors (Lipinski definition) is 5. The monoisotopic (exact) mass is 397 g/mol. The zero-order chi connectivity index (χ0) is 20.3. The standard InChI is InChI=1S/C22H27N3O2S/c1-6-7-12-25-16(4)15(3)23-22(25)28-13-19-20(21(26)27-5)14(2)17-10-8-9-11-18(17)24-19/h8-11H,6-7,12-13H2,1-5H3. The van der Waals surface area contributed by atoms with E-state index in [-0.39, 0.29) is 5.97 Å². The summed E-state index contributed by atoms with van der Waals surface area (Å²) in [5, 5.41) is 1.96. The number of carbonyl (C=O) groups is 1. The summed E-state index contributed by atoms with van der Waals surface area (Å²) in [6, 6.07) is 7.90. The first-order valence-corrected chi connectivity index (χ1v) is 10.6. The highest BCUT2D eigenvalue weighted by atomic mass is 32.2. The van der Waals surface area contributed by atoms with Gasteiger partial charge in [0.05, 0.1) is 29.6 Å². The zero-order valence-corrected chi connectivity index (χ0v) is 18.0. The first-order chi connectivity index (χ1) is 13.5. The van der Waals surface area contributed by atoms with Gasteiger partial charge in [-0.2, -0.15) is 0 Å². The number of fused-ring (bicyclic) bond motifs is 1. The van der Waals surface area contributed by atoms with Crippen molar-refractivity contribution >= 4 is 28.6 Å². The number of hydrogen-bond donors (Lipinski definition) is 0. The number of unbranched alkanes of at least 4 members (excludes halogenated alkanes) is 1. The molecule has 28 heavy (non-hydrogen) atoms. The third-order valence-electron chi connectivity index (χ3n) is 5.11. The largest absolute Gasteiger partial charge is 0.465 e. The summed E-state index contributed by atoms with van der Waals surface area (Å²) >= 11 is 1.63. The minimum Gasteiger partial charge on any atom is -0.465 e. The number of esters is 1. The van der Waals surface area contributed by atoms with Gasteiger partial charge in [0, 0.05) is 23.4 Å². The van der Waals surface area contributed by atoms with Crippen LogP contribution in [0.25, 0.3) is 10.9 Å². The summed E-state index contributed by atoms with van der Waals surface area (Å²) in [5.41, 5.74) is 5.36. The van der Waals surface area contributed by atoms with Crippen LogP contribution in [0.5, 0.6) is 0 Å². The Hall–Kier alpha value is -2.34. The van der Waals surface area contributed by atoms with Crippen molar-refractivity contribution in [3.8, 4) is 0 Å². The van der Waals surface area contributed by atoms with Gasteiger partial charge in [-0.05, 0) is 38.8 Å². The van der Waals surface area contributed by atoms with E-state index in [1.165, 1.54) is 12.8 Å². The molecule has 0 saturated heterocycles. The number of carbonyl (C=O) groups excluding carboxylic acids is 1. The van der Waals surface area contributed by atoms with Crippen LogP contribution in [0.15, 0.2) is 29.4 Å². The van der Waals surface area contributed by atoms with Crippen molar-refractivity contribution in [3.05, 3.63) is 52.5 Å². The second kappa shape index (κ2) is 8.78. The van der Waals surface area contributed by atoms with E-state index in [1.807, 2.05) is 38.1 Å². The average Bonchev–Trinajstić information content (AvgIpc) is 2.97. The molecule has 0 bridgehead atoms. The van der Waals surface area contributed by atoms with Crippen molar-refractivity contribution in [2.45, 2.75) is 58.0 Å². The zero-order valence-electron chi connectivity index (χ0n) is 17.2. The predicted molar refractivity (Wildman–Crippen MR) is 114 cm³/mol. The van der Waals surface area contributed by atoms with Crippen LogP contribution in [0, 0.1) is 20.8 Å². The fourth-order valence-corrected chi connectivity index (χ4v) is 4.42. The van der Waals surface area contributed by atoms with Crippen LogP contribution in [0.3, 0.4) is 0 Å². The van der Waals surface area contributed by atoms with Gasteiger partial charge in [0.15, 0.2) is 5.16 Å². The molecule has 0 aliphatic rings. The molecular formula is C22H27N3O2S. The number of benzene rings is 1. The van der Waals surface area contributed by atoms with Crippen molar-refractivity contribution in [1.29, 1.82) is 0 Å². The van der Waals surface area contributed by atoms with E-state index in [2.05, 4.69) is 18.4 Å². The molecule has 0 amide bonds. The van der Waals surface area contributed by atoms with E-state index >= 15 is 0 Å². The SMILES string of the molecule is CCCCn1c(SCc2nc3ccccc3c(C)c2C(=O)OC)nc(C)c1C. The summed E-state index contributed by atoms with van der Waals surface area (Å²) in [5.74, 6) is 0.228. The maximum absolute atomic E-state index is 12.5. The molecule has 148 valence electrons. The Morgan fingerprint density at radius 1 is 1.18 bits per heavy atom. The maximum Gasteiger partial charge on any atom is 0.340 e. The van der Waals surface area contributed by atoms with Crippen LogP contribution in [0.1, 0.15) is 52.8 Å². The molecule has 0 aliphatic heterocycles. The summed E-state index contributed by atoms with van der Waals surface area (Å²) in [6.45, 7) is 9.26. The average molecular weight is 398 g/mol. The van der Waals surface area contributed by atoms with Crippen LogP contribution >= 0.6 is 11.8 Å². The number of nitrogens with zero attached hydrogens (tertiary/aromatic N) is 3. The van der Waals surface area contributed by atoms with Crippen molar-refractivity contribution in [1.82, 2.24) is 14.5 Å². The minimum absolute atomic E-state index is 0.340. The van der Waals surface area contributed by atoms with Crippen LogP contribution in [-0.2, 0) is 17.0 Å². The third kappa shape index (κ3) is 3.92. The Kier molecular flexibility index (Phi) is 6.39.